The van der Waals surface area contributed by atoms with Crippen LogP contribution in [0.4, 0.5) is 35.1 Å². The van der Waals surface area contributed by atoms with E-state index in [9.17, 15) is 44.7 Å². The van der Waals surface area contributed by atoms with E-state index in [1.807, 2.05) is 6.92 Å². The van der Waals surface area contributed by atoms with Gasteiger partial charge < -0.3 is 10.0 Å². The van der Waals surface area contributed by atoms with E-state index in [0.29, 0.717) is 19.0 Å². The molecule has 41 heavy (non-hydrogen) atoms. The minimum absolute atomic E-state index is 0.0215. The first-order chi connectivity index (χ1) is 19.2. The molecule has 2 heterocycles. The van der Waals surface area contributed by atoms with Crippen LogP contribution in [0.3, 0.4) is 0 Å². The number of aromatic amines is 1. The molecule has 2 aromatic heterocycles. The maximum atomic E-state index is 14.4. The summed E-state index contributed by atoms with van der Waals surface area (Å²) in [6.45, 7) is 1.95. The van der Waals surface area contributed by atoms with Gasteiger partial charge in [0.25, 0.3) is 12.0 Å². The number of nitrogens with zero attached hydrogens (tertiary/aromatic N) is 4. The quantitative estimate of drug-likeness (QED) is 0.242. The molecule has 0 aliphatic carbocycles. The summed E-state index contributed by atoms with van der Waals surface area (Å²) in [5.74, 6) is -4.26. The van der Waals surface area contributed by atoms with E-state index >= 15 is 0 Å². The molecule has 0 bridgehead atoms. The number of H-pyrrole nitrogens is 1. The number of hydrogen-bond acceptors (Lipinski definition) is 7. The van der Waals surface area contributed by atoms with Crippen molar-refractivity contribution in [2.45, 2.75) is 38.5 Å². The number of nitrogens with one attached hydrogen (secondary N) is 1. The zero-order chi connectivity index (χ0) is 30.9. The molecule has 2 N–H and O–H groups in total. The standard InChI is InChI=1S/C20H20F5N3O.C5H3F3N2O2/c1-3-4-14(21)10-28(2)6-5-12-7-15(17(22)18(23)16(12)11-29)20-26-8-13(9-27-20)19(24)25;6-5(7,8)3-2(11)1-9-10-4(3)12/h5-9,11,14,19H,3-4,10H2,1-2H3;1H,(H2,10,11,12)/b6-5-;. The van der Waals surface area contributed by atoms with Crippen molar-refractivity contribution in [3.8, 4) is 17.1 Å². The van der Waals surface area contributed by atoms with Gasteiger partial charge in [0.1, 0.15) is 6.17 Å². The number of aromatic nitrogens is 4. The Morgan fingerprint density at radius 2 is 1.73 bits per heavy atom. The second kappa shape index (κ2) is 14.3. The van der Waals surface area contributed by atoms with Crippen molar-refractivity contribution in [2.75, 3.05) is 13.6 Å². The topological polar surface area (TPSA) is 112 Å². The summed E-state index contributed by atoms with van der Waals surface area (Å²) in [7, 11) is 1.60. The van der Waals surface area contributed by atoms with Crippen molar-refractivity contribution < 1.29 is 45.0 Å². The molecule has 1 atom stereocenters. The van der Waals surface area contributed by atoms with Crippen LogP contribution < -0.4 is 5.56 Å². The Hall–Kier alpha value is -4.37. The molecule has 16 heteroatoms. The lowest BCUT2D eigenvalue weighted by Crippen LogP contribution is -2.22. The number of hydrogen-bond donors (Lipinski definition) is 2. The van der Waals surface area contributed by atoms with E-state index < -0.39 is 58.4 Å². The van der Waals surface area contributed by atoms with Crippen LogP contribution in [0.2, 0.25) is 0 Å². The average Bonchev–Trinajstić information content (AvgIpc) is 2.89. The minimum Gasteiger partial charge on any atom is -0.505 e. The molecule has 3 rings (SSSR count). The summed E-state index contributed by atoms with van der Waals surface area (Å²) in [5.41, 5.74) is -4.43. The van der Waals surface area contributed by atoms with Crippen molar-refractivity contribution in [2.24, 2.45) is 0 Å². The summed E-state index contributed by atoms with van der Waals surface area (Å²) >= 11 is 0. The van der Waals surface area contributed by atoms with Gasteiger partial charge in [-0.05, 0) is 30.3 Å². The van der Waals surface area contributed by atoms with Gasteiger partial charge in [-0.1, -0.05) is 13.3 Å². The zero-order valence-corrected chi connectivity index (χ0v) is 21.4. The Balaban J connectivity index is 0.000000408. The van der Waals surface area contributed by atoms with Crippen LogP contribution in [-0.2, 0) is 6.18 Å². The fraction of sp³-hybridized carbons (Fsp3) is 0.320. The Morgan fingerprint density at radius 3 is 2.22 bits per heavy atom. The molecule has 0 saturated heterocycles. The van der Waals surface area contributed by atoms with Crippen LogP contribution in [0.15, 0.2) is 35.7 Å². The highest BCUT2D eigenvalue weighted by Crippen LogP contribution is 2.31. The maximum absolute atomic E-state index is 14.4. The number of alkyl halides is 6. The third-order valence-corrected chi connectivity index (χ3v) is 5.28. The molecule has 222 valence electrons. The van der Waals surface area contributed by atoms with Crippen molar-refractivity contribution in [3.05, 3.63) is 75.1 Å². The molecule has 0 aliphatic heterocycles. The second-order valence-electron chi connectivity index (χ2n) is 8.41. The first-order valence-corrected chi connectivity index (χ1v) is 11.6. The predicted molar refractivity (Wildman–Crippen MR) is 131 cm³/mol. The SMILES string of the molecule is CCCC(F)CN(C)/C=C\c1cc(-c2ncc(C(F)F)cn2)c(F)c(F)c1C=O.O=c1[nH]ncc(O)c1C(F)(F)F. The normalized spacial score (nSPS) is 12.3. The van der Waals surface area contributed by atoms with Gasteiger partial charge in [-0.25, -0.2) is 37.0 Å². The number of aromatic hydroxyl groups is 1. The van der Waals surface area contributed by atoms with Gasteiger partial charge in [-0.3, -0.25) is 9.59 Å². The third-order valence-electron chi connectivity index (χ3n) is 5.28. The molecular formula is C25H23F8N5O3. The minimum atomic E-state index is -4.86. The average molecular weight is 593 g/mol. The third kappa shape index (κ3) is 8.81. The summed E-state index contributed by atoms with van der Waals surface area (Å²) in [4.78, 5) is 30.6. The zero-order valence-electron chi connectivity index (χ0n) is 21.4. The monoisotopic (exact) mass is 593 g/mol. The molecule has 3 aromatic rings. The molecule has 8 nitrogen and oxygen atoms in total. The number of halogens is 8. The van der Waals surface area contributed by atoms with Gasteiger partial charge in [0.15, 0.2) is 35.1 Å². The molecule has 0 radical (unpaired) electrons. The van der Waals surface area contributed by atoms with Crippen molar-refractivity contribution in [3.63, 3.8) is 0 Å². The fourth-order valence-corrected chi connectivity index (χ4v) is 3.32. The Bertz CT molecular complexity index is 1410. The van der Waals surface area contributed by atoms with Crippen LogP contribution in [0.1, 0.15) is 53.2 Å². The van der Waals surface area contributed by atoms with Gasteiger partial charge in [-0.15, -0.1) is 0 Å². The van der Waals surface area contributed by atoms with Gasteiger partial charge in [0.05, 0.1) is 22.9 Å². The number of carbonyl (C=O) groups excluding carboxylic acids is 1. The molecule has 1 unspecified atom stereocenters. The lowest BCUT2D eigenvalue weighted by atomic mass is 10.0. The molecule has 1 aromatic carbocycles. The van der Waals surface area contributed by atoms with Crippen LogP contribution in [-0.4, -0.2) is 56.2 Å². The van der Waals surface area contributed by atoms with E-state index in [2.05, 4.69) is 15.1 Å². The molecular weight excluding hydrogens is 570 g/mol. The van der Waals surface area contributed by atoms with Crippen LogP contribution in [0, 0.1) is 11.6 Å². The molecule has 0 aliphatic rings. The van der Waals surface area contributed by atoms with Crippen LogP contribution >= 0.6 is 0 Å². The van der Waals surface area contributed by atoms with Crippen molar-refractivity contribution in [1.29, 1.82) is 0 Å². The number of carbonyl (C=O) groups is 1. The maximum Gasteiger partial charge on any atom is 0.425 e. The highest BCUT2D eigenvalue weighted by Gasteiger charge is 2.37. The summed E-state index contributed by atoms with van der Waals surface area (Å²) < 4.78 is 103. The van der Waals surface area contributed by atoms with Gasteiger partial charge in [-0.2, -0.15) is 18.3 Å². The Kier molecular flexibility index (Phi) is 11.5. The van der Waals surface area contributed by atoms with E-state index in [-0.39, 0.29) is 29.8 Å². The lowest BCUT2D eigenvalue weighted by Gasteiger charge is -2.17. The van der Waals surface area contributed by atoms with E-state index in [4.69, 9.17) is 5.11 Å². The van der Waals surface area contributed by atoms with E-state index in [1.54, 1.807) is 12.1 Å². The van der Waals surface area contributed by atoms with Crippen molar-refractivity contribution >= 4 is 12.4 Å². The first-order valence-electron chi connectivity index (χ1n) is 11.6. The second-order valence-corrected chi connectivity index (χ2v) is 8.41. The van der Waals surface area contributed by atoms with Gasteiger partial charge in [0, 0.05) is 26.0 Å². The molecule has 0 fully saturated rings. The summed E-state index contributed by atoms with van der Waals surface area (Å²) in [5, 5.41) is 13.2. The lowest BCUT2D eigenvalue weighted by molar-refractivity contribution is -0.140. The molecule has 0 spiro atoms. The van der Waals surface area contributed by atoms with Crippen LogP contribution in [0.5, 0.6) is 5.75 Å². The summed E-state index contributed by atoms with van der Waals surface area (Å²) in [6.07, 6.45) is -2.56. The highest BCUT2D eigenvalue weighted by atomic mass is 19.4. The number of aldehydes is 1. The first kappa shape index (κ1) is 32.8. The summed E-state index contributed by atoms with van der Waals surface area (Å²) in [6, 6.07) is 1.14. The smallest absolute Gasteiger partial charge is 0.425 e. The largest absolute Gasteiger partial charge is 0.505 e. The van der Waals surface area contributed by atoms with Crippen LogP contribution in [0.25, 0.3) is 17.5 Å². The van der Waals surface area contributed by atoms with E-state index in [0.717, 1.165) is 18.5 Å². The Morgan fingerprint density at radius 1 is 1.10 bits per heavy atom. The molecule has 0 amide bonds. The number of rotatable bonds is 9. The highest BCUT2D eigenvalue weighted by molar-refractivity contribution is 5.84. The van der Waals surface area contributed by atoms with E-state index in [1.165, 1.54) is 17.2 Å². The molecule has 0 saturated carbocycles. The van der Waals surface area contributed by atoms with Gasteiger partial charge >= 0.3 is 6.18 Å². The van der Waals surface area contributed by atoms with Crippen molar-refractivity contribution in [1.82, 2.24) is 25.1 Å². The Labute approximate surface area is 227 Å². The van der Waals surface area contributed by atoms with Gasteiger partial charge in [0.2, 0.25) is 0 Å². The fourth-order valence-electron chi connectivity index (χ4n) is 3.32. The predicted octanol–water partition coefficient (Wildman–Crippen LogP) is 5.71. The number of benzene rings is 1.